The van der Waals surface area contributed by atoms with Crippen molar-refractivity contribution < 1.29 is 4.79 Å². The van der Waals surface area contributed by atoms with E-state index in [4.69, 9.17) is 0 Å². The van der Waals surface area contributed by atoms with E-state index >= 15 is 0 Å². The van der Waals surface area contributed by atoms with Gasteiger partial charge in [-0.2, -0.15) is 0 Å². The second kappa shape index (κ2) is 7.36. The topological polar surface area (TPSA) is 65.1 Å². The largest absolute Gasteiger partial charge is 0.352 e. The predicted molar refractivity (Wildman–Crippen MR) is 108 cm³/mol. The summed E-state index contributed by atoms with van der Waals surface area (Å²) >= 11 is 6.98. The Kier molecular flexibility index (Phi) is 4.95. The van der Waals surface area contributed by atoms with Gasteiger partial charge in [0.05, 0.1) is 11.8 Å². The summed E-state index contributed by atoms with van der Waals surface area (Å²) < 4.78 is 1.98. The molecule has 8 heteroatoms. The molecule has 1 fully saturated rings. The first-order chi connectivity index (χ1) is 12.6. The van der Waals surface area contributed by atoms with Gasteiger partial charge in [0.1, 0.15) is 17.8 Å². The Labute approximate surface area is 167 Å². The lowest BCUT2D eigenvalue weighted by Gasteiger charge is -2.35. The van der Waals surface area contributed by atoms with Crippen LogP contribution < -0.4 is 4.90 Å². The average molecular weight is 479 g/mol. The van der Waals surface area contributed by atoms with Gasteiger partial charge in [-0.05, 0) is 33.6 Å². The highest BCUT2D eigenvalue weighted by molar-refractivity contribution is 9.11. The molecule has 0 unspecified atom stereocenters. The number of nitrogens with one attached hydrogen (secondary N) is 1. The average Bonchev–Trinajstić information content (AvgIpc) is 3.05. The number of hydrogen-bond acceptors (Lipinski definition) is 4. The first-order valence-corrected chi connectivity index (χ1v) is 9.95. The van der Waals surface area contributed by atoms with Crippen molar-refractivity contribution >= 4 is 54.6 Å². The van der Waals surface area contributed by atoms with Gasteiger partial charge in [-0.25, -0.2) is 9.97 Å². The van der Waals surface area contributed by atoms with Gasteiger partial charge in [0.25, 0.3) is 0 Å². The van der Waals surface area contributed by atoms with Crippen molar-refractivity contribution in [3.63, 3.8) is 0 Å². The van der Waals surface area contributed by atoms with Gasteiger partial charge >= 0.3 is 0 Å². The molecule has 3 heterocycles. The van der Waals surface area contributed by atoms with Crippen LogP contribution in [-0.4, -0.2) is 51.9 Å². The number of H-pyrrole nitrogens is 1. The number of nitrogens with zero attached hydrogens (tertiary/aromatic N) is 4. The third-order valence-corrected chi connectivity index (χ3v) is 5.76. The molecule has 0 aliphatic carbocycles. The zero-order valence-corrected chi connectivity index (χ0v) is 17.1. The number of fused-ring (bicyclic) bond motifs is 1. The van der Waals surface area contributed by atoms with Crippen LogP contribution in [0.4, 0.5) is 5.82 Å². The van der Waals surface area contributed by atoms with Crippen molar-refractivity contribution in [2.45, 2.75) is 6.42 Å². The molecule has 26 heavy (non-hydrogen) atoms. The van der Waals surface area contributed by atoms with E-state index in [9.17, 15) is 4.79 Å². The molecule has 2 aromatic heterocycles. The van der Waals surface area contributed by atoms with Gasteiger partial charge in [-0.15, -0.1) is 0 Å². The van der Waals surface area contributed by atoms with E-state index in [-0.39, 0.29) is 5.91 Å². The maximum atomic E-state index is 12.6. The molecule has 0 bridgehead atoms. The van der Waals surface area contributed by atoms with Crippen molar-refractivity contribution in [3.8, 4) is 0 Å². The lowest BCUT2D eigenvalue weighted by Crippen LogP contribution is -2.49. The molecule has 4 rings (SSSR count). The molecular weight excluding hydrogens is 462 g/mol. The maximum Gasteiger partial charge on any atom is 0.227 e. The fraction of sp³-hybridized carbons (Fsp3) is 0.278. The third-order valence-electron chi connectivity index (χ3n) is 4.60. The quantitative estimate of drug-likeness (QED) is 0.626. The smallest absolute Gasteiger partial charge is 0.227 e. The standard InChI is InChI=1S/C18H17Br2N5O/c19-13-3-1-12(2-4-13)9-15(26)24-5-7-25(8-6-24)18-16-14(20)10-21-17(16)22-11-23-18/h1-4,10-11H,5-9H2,(H,21,22,23). The fourth-order valence-electron chi connectivity index (χ4n) is 3.21. The van der Waals surface area contributed by atoms with Crippen LogP contribution in [0.2, 0.25) is 0 Å². The van der Waals surface area contributed by atoms with Crippen LogP contribution in [0, 0.1) is 0 Å². The fourth-order valence-corrected chi connectivity index (χ4v) is 3.95. The normalized spacial score (nSPS) is 14.8. The molecule has 1 amide bonds. The first-order valence-electron chi connectivity index (χ1n) is 8.36. The summed E-state index contributed by atoms with van der Waals surface area (Å²) in [6.45, 7) is 2.91. The van der Waals surface area contributed by atoms with E-state index in [1.54, 1.807) is 6.33 Å². The second-order valence-electron chi connectivity index (χ2n) is 6.23. The second-order valence-corrected chi connectivity index (χ2v) is 8.00. The minimum Gasteiger partial charge on any atom is -0.352 e. The molecule has 0 radical (unpaired) electrons. The number of carbonyl (C=O) groups is 1. The van der Waals surface area contributed by atoms with Gasteiger partial charge in [-0.1, -0.05) is 28.1 Å². The molecule has 3 aromatic rings. The summed E-state index contributed by atoms with van der Waals surface area (Å²) in [5.74, 6) is 1.07. The van der Waals surface area contributed by atoms with Gasteiger partial charge < -0.3 is 14.8 Å². The lowest BCUT2D eigenvalue weighted by atomic mass is 10.1. The lowest BCUT2D eigenvalue weighted by molar-refractivity contribution is -0.130. The zero-order valence-electron chi connectivity index (χ0n) is 14.0. The molecule has 6 nitrogen and oxygen atoms in total. The number of rotatable bonds is 3. The van der Waals surface area contributed by atoms with Gasteiger partial charge in [0.15, 0.2) is 0 Å². The Bertz CT molecular complexity index is 932. The highest BCUT2D eigenvalue weighted by Crippen LogP contribution is 2.30. The molecule has 1 N–H and O–H groups in total. The number of amides is 1. The van der Waals surface area contributed by atoms with E-state index in [1.807, 2.05) is 35.4 Å². The predicted octanol–water partition coefficient (Wildman–Crippen LogP) is 3.37. The highest BCUT2D eigenvalue weighted by Gasteiger charge is 2.24. The van der Waals surface area contributed by atoms with E-state index < -0.39 is 0 Å². The van der Waals surface area contributed by atoms with Crippen molar-refractivity contribution in [2.75, 3.05) is 31.1 Å². The third kappa shape index (κ3) is 3.48. The number of aromatic nitrogens is 3. The van der Waals surface area contributed by atoms with Crippen LogP contribution in [0.1, 0.15) is 5.56 Å². The van der Waals surface area contributed by atoms with E-state index in [0.29, 0.717) is 19.5 Å². The van der Waals surface area contributed by atoms with Crippen LogP contribution >= 0.6 is 31.9 Å². The Morgan fingerprint density at radius 3 is 2.54 bits per heavy atom. The van der Waals surface area contributed by atoms with Crippen molar-refractivity contribution in [1.82, 2.24) is 19.9 Å². The molecule has 134 valence electrons. The monoisotopic (exact) mass is 477 g/mol. The highest BCUT2D eigenvalue weighted by atomic mass is 79.9. The molecule has 1 aromatic carbocycles. The molecular formula is C18H17Br2N5O. The Balaban J connectivity index is 1.43. The number of piperazine rings is 1. The Morgan fingerprint density at radius 1 is 1.08 bits per heavy atom. The van der Waals surface area contributed by atoms with Crippen LogP contribution in [-0.2, 0) is 11.2 Å². The van der Waals surface area contributed by atoms with Crippen LogP contribution in [0.15, 0.2) is 45.7 Å². The van der Waals surface area contributed by atoms with E-state index in [2.05, 4.69) is 51.7 Å². The number of benzene rings is 1. The summed E-state index contributed by atoms with van der Waals surface area (Å²) in [6.07, 6.45) is 3.89. The molecule has 1 saturated heterocycles. The van der Waals surface area contributed by atoms with Crippen LogP contribution in [0.3, 0.4) is 0 Å². The Morgan fingerprint density at radius 2 is 1.81 bits per heavy atom. The summed E-state index contributed by atoms with van der Waals surface area (Å²) in [5.41, 5.74) is 1.85. The SMILES string of the molecule is O=C(Cc1ccc(Br)cc1)N1CCN(c2ncnc3[nH]cc(Br)c23)CC1. The minimum absolute atomic E-state index is 0.169. The molecule has 1 aliphatic rings. The summed E-state index contributed by atoms with van der Waals surface area (Å²) in [6, 6.07) is 7.91. The summed E-state index contributed by atoms with van der Waals surface area (Å²) in [4.78, 5) is 28.6. The molecule has 0 spiro atoms. The summed E-state index contributed by atoms with van der Waals surface area (Å²) in [5, 5.41) is 0.988. The van der Waals surface area contributed by atoms with Crippen molar-refractivity contribution in [1.29, 1.82) is 0 Å². The van der Waals surface area contributed by atoms with Gasteiger partial charge in [0, 0.05) is 41.3 Å². The zero-order chi connectivity index (χ0) is 18.1. The molecule has 1 aliphatic heterocycles. The minimum atomic E-state index is 0.169. The number of carbonyl (C=O) groups excluding carboxylic acids is 1. The van der Waals surface area contributed by atoms with E-state index in [1.165, 1.54) is 0 Å². The number of anilines is 1. The molecule has 0 saturated carbocycles. The van der Waals surface area contributed by atoms with Gasteiger partial charge in [-0.3, -0.25) is 4.79 Å². The number of hydrogen-bond donors (Lipinski definition) is 1. The number of halogens is 2. The van der Waals surface area contributed by atoms with Gasteiger partial charge in [0.2, 0.25) is 5.91 Å². The van der Waals surface area contributed by atoms with Crippen LogP contribution in [0.5, 0.6) is 0 Å². The summed E-state index contributed by atoms with van der Waals surface area (Å²) in [7, 11) is 0. The van der Waals surface area contributed by atoms with Crippen molar-refractivity contribution in [2.24, 2.45) is 0 Å². The van der Waals surface area contributed by atoms with Crippen molar-refractivity contribution in [3.05, 3.63) is 51.3 Å². The molecule has 0 atom stereocenters. The van der Waals surface area contributed by atoms with Crippen LogP contribution in [0.25, 0.3) is 11.0 Å². The van der Waals surface area contributed by atoms with E-state index in [0.717, 1.165) is 44.4 Å². The number of aromatic amines is 1. The first kappa shape index (κ1) is 17.5. The Hall–Kier alpha value is -1.93. The maximum absolute atomic E-state index is 12.6.